The van der Waals surface area contributed by atoms with Crippen LogP contribution in [0.15, 0.2) is 95.6 Å². The first-order valence-corrected chi connectivity index (χ1v) is 11.6. The van der Waals surface area contributed by atoms with Crippen LogP contribution in [-0.2, 0) is 24.6 Å². The van der Waals surface area contributed by atoms with Crippen LogP contribution in [0.2, 0.25) is 0 Å². The lowest BCUT2D eigenvalue weighted by atomic mass is 9.78. The van der Waals surface area contributed by atoms with Crippen LogP contribution < -0.4 is 0 Å². The third-order valence-corrected chi connectivity index (χ3v) is 6.76. The molecule has 170 valence electrons. The van der Waals surface area contributed by atoms with Crippen molar-refractivity contribution in [3.63, 3.8) is 0 Å². The standard InChI is InChI=1S/C29H30O4/c1-20-24(26-27(25(20)30)33-28(2,3)32-26)19-31-29(21-13-7-4-8-14-21,22-15-9-5-10-16-22)23-17-11-6-12-18-23/h4-5,7-11,13-18,26-27H,6,12,19H2,1-3H3/t26-,27+/m1/s1. The smallest absolute Gasteiger partial charge is 0.190 e. The molecule has 3 aliphatic rings. The third kappa shape index (κ3) is 3.82. The molecule has 1 fully saturated rings. The van der Waals surface area contributed by atoms with Gasteiger partial charge < -0.3 is 14.2 Å². The Kier molecular flexibility index (Phi) is 5.69. The summed E-state index contributed by atoms with van der Waals surface area (Å²) < 4.78 is 19.0. The highest BCUT2D eigenvalue weighted by Gasteiger charge is 2.52. The summed E-state index contributed by atoms with van der Waals surface area (Å²) in [5.41, 5.74) is 3.96. The third-order valence-electron chi connectivity index (χ3n) is 6.76. The first-order chi connectivity index (χ1) is 15.9. The molecule has 2 aromatic rings. The Balaban J connectivity index is 1.59. The molecule has 0 amide bonds. The average molecular weight is 443 g/mol. The summed E-state index contributed by atoms with van der Waals surface area (Å²) in [5.74, 6) is -0.799. The van der Waals surface area contributed by atoms with Gasteiger partial charge in [-0.2, -0.15) is 0 Å². The highest BCUT2D eigenvalue weighted by atomic mass is 16.8. The number of ether oxygens (including phenoxy) is 3. The predicted octanol–water partition coefficient (Wildman–Crippen LogP) is 5.64. The molecule has 0 radical (unpaired) electrons. The molecule has 0 aromatic heterocycles. The predicted molar refractivity (Wildman–Crippen MR) is 128 cm³/mol. The second kappa shape index (κ2) is 8.53. The zero-order valence-electron chi connectivity index (χ0n) is 19.4. The second-order valence-electron chi connectivity index (χ2n) is 9.33. The molecule has 0 unspecified atom stereocenters. The van der Waals surface area contributed by atoms with Gasteiger partial charge in [-0.25, -0.2) is 0 Å². The van der Waals surface area contributed by atoms with Gasteiger partial charge >= 0.3 is 0 Å². The molecular weight excluding hydrogens is 412 g/mol. The monoisotopic (exact) mass is 442 g/mol. The number of hydrogen-bond donors (Lipinski definition) is 0. The normalized spacial score (nSPS) is 24.2. The molecular formula is C29H30O4. The fourth-order valence-corrected chi connectivity index (χ4v) is 5.14. The molecule has 33 heavy (non-hydrogen) atoms. The average Bonchev–Trinajstić information content (AvgIpc) is 3.27. The van der Waals surface area contributed by atoms with Gasteiger partial charge in [0, 0.05) is 0 Å². The largest absolute Gasteiger partial charge is 0.356 e. The van der Waals surface area contributed by atoms with Crippen LogP contribution in [0.4, 0.5) is 0 Å². The number of allylic oxidation sites excluding steroid dienone is 2. The van der Waals surface area contributed by atoms with E-state index in [4.69, 9.17) is 14.2 Å². The topological polar surface area (TPSA) is 44.8 Å². The Morgan fingerprint density at radius 2 is 1.55 bits per heavy atom. The summed E-state index contributed by atoms with van der Waals surface area (Å²) in [6, 6.07) is 20.6. The van der Waals surface area contributed by atoms with Gasteiger partial charge in [0.05, 0.1) is 6.61 Å². The molecule has 4 heteroatoms. The number of carbonyl (C=O) groups excluding carboxylic acids is 1. The van der Waals surface area contributed by atoms with Crippen molar-refractivity contribution < 1.29 is 19.0 Å². The van der Waals surface area contributed by atoms with E-state index in [0.29, 0.717) is 5.57 Å². The van der Waals surface area contributed by atoms with E-state index in [2.05, 4.69) is 42.5 Å². The minimum Gasteiger partial charge on any atom is -0.356 e. The summed E-state index contributed by atoms with van der Waals surface area (Å²) in [5, 5.41) is 0. The Morgan fingerprint density at radius 3 is 2.12 bits per heavy atom. The number of carbonyl (C=O) groups is 1. The number of hydrogen-bond acceptors (Lipinski definition) is 4. The quantitative estimate of drug-likeness (QED) is 0.581. The summed E-state index contributed by atoms with van der Waals surface area (Å²) in [4.78, 5) is 12.9. The SMILES string of the molecule is CC1=C(COC(C2=CCCC=C2)(c2ccccc2)c2ccccc2)[C@H]2OC(C)(C)O[C@H]2C1=O. The Bertz CT molecular complexity index is 1090. The van der Waals surface area contributed by atoms with Crippen molar-refractivity contribution in [2.45, 2.75) is 57.2 Å². The van der Waals surface area contributed by atoms with E-state index in [1.807, 2.05) is 57.2 Å². The zero-order valence-corrected chi connectivity index (χ0v) is 19.4. The van der Waals surface area contributed by atoms with E-state index in [9.17, 15) is 4.79 Å². The summed E-state index contributed by atoms with van der Waals surface area (Å²) in [7, 11) is 0. The van der Waals surface area contributed by atoms with Crippen molar-refractivity contribution in [2.75, 3.05) is 6.61 Å². The van der Waals surface area contributed by atoms with Gasteiger partial charge in [0.2, 0.25) is 0 Å². The van der Waals surface area contributed by atoms with Crippen molar-refractivity contribution in [2.24, 2.45) is 0 Å². The summed E-state index contributed by atoms with van der Waals surface area (Å²) in [6.07, 6.45) is 7.63. The molecule has 2 aromatic carbocycles. The fraction of sp³-hybridized carbons (Fsp3) is 0.345. The lowest BCUT2D eigenvalue weighted by Crippen LogP contribution is -2.35. The van der Waals surface area contributed by atoms with Gasteiger partial charge in [0.15, 0.2) is 17.7 Å². The highest BCUT2D eigenvalue weighted by Crippen LogP contribution is 2.45. The highest BCUT2D eigenvalue weighted by molar-refractivity contribution is 6.03. The molecule has 0 spiro atoms. The van der Waals surface area contributed by atoms with Gasteiger partial charge in [-0.1, -0.05) is 78.9 Å². The van der Waals surface area contributed by atoms with Crippen molar-refractivity contribution in [3.05, 3.63) is 107 Å². The van der Waals surface area contributed by atoms with Crippen LogP contribution in [0.25, 0.3) is 0 Å². The van der Waals surface area contributed by atoms with Crippen LogP contribution >= 0.6 is 0 Å². The van der Waals surface area contributed by atoms with Crippen molar-refractivity contribution in [1.29, 1.82) is 0 Å². The number of ketones is 1. The molecule has 0 N–H and O–H groups in total. The van der Waals surface area contributed by atoms with Gasteiger partial charge in [-0.05, 0) is 61.5 Å². The number of Topliss-reactive ketones (excluding diaryl/α,β-unsaturated/α-hetero) is 1. The maximum absolute atomic E-state index is 12.9. The van der Waals surface area contributed by atoms with Gasteiger partial charge in [0.1, 0.15) is 11.7 Å². The fourth-order valence-electron chi connectivity index (χ4n) is 5.14. The van der Waals surface area contributed by atoms with Gasteiger partial charge in [0.25, 0.3) is 0 Å². The molecule has 2 atom stereocenters. The number of rotatable bonds is 6. The number of fused-ring (bicyclic) bond motifs is 1. The minimum absolute atomic E-state index is 0.00836. The molecule has 2 aliphatic carbocycles. The lowest BCUT2D eigenvalue weighted by Gasteiger charge is -2.38. The van der Waals surface area contributed by atoms with Crippen LogP contribution in [-0.4, -0.2) is 30.4 Å². The minimum atomic E-state index is -0.803. The Morgan fingerprint density at radius 1 is 0.939 bits per heavy atom. The molecule has 0 saturated carbocycles. The maximum atomic E-state index is 12.9. The maximum Gasteiger partial charge on any atom is 0.190 e. The van der Waals surface area contributed by atoms with E-state index in [-0.39, 0.29) is 12.4 Å². The molecule has 0 bridgehead atoms. The molecule has 1 heterocycles. The molecule has 4 nitrogen and oxygen atoms in total. The van der Waals surface area contributed by atoms with E-state index in [1.54, 1.807) is 0 Å². The van der Waals surface area contributed by atoms with Crippen molar-refractivity contribution in [3.8, 4) is 0 Å². The molecule has 1 aliphatic heterocycles. The molecule has 5 rings (SSSR count). The van der Waals surface area contributed by atoms with Crippen LogP contribution in [0.3, 0.4) is 0 Å². The van der Waals surface area contributed by atoms with Crippen molar-refractivity contribution >= 4 is 5.78 Å². The van der Waals surface area contributed by atoms with E-state index < -0.39 is 23.6 Å². The van der Waals surface area contributed by atoms with Gasteiger partial charge in [-0.15, -0.1) is 0 Å². The first kappa shape index (κ1) is 22.0. The Hall–Kier alpha value is -2.79. The van der Waals surface area contributed by atoms with Gasteiger partial charge in [-0.3, -0.25) is 4.79 Å². The van der Waals surface area contributed by atoms with Crippen LogP contribution in [0.5, 0.6) is 0 Å². The van der Waals surface area contributed by atoms with E-state index in [0.717, 1.165) is 35.1 Å². The second-order valence-corrected chi connectivity index (χ2v) is 9.33. The Labute approximate surface area is 195 Å². The van der Waals surface area contributed by atoms with Crippen LogP contribution in [0, 0.1) is 0 Å². The van der Waals surface area contributed by atoms with E-state index in [1.165, 1.54) is 0 Å². The number of benzene rings is 2. The first-order valence-electron chi connectivity index (χ1n) is 11.6. The zero-order chi connectivity index (χ0) is 23.1. The summed E-state index contributed by atoms with van der Waals surface area (Å²) in [6.45, 7) is 5.82. The van der Waals surface area contributed by atoms with Crippen molar-refractivity contribution in [1.82, 2.24) is 0 Å². The lowest BCUT2D eigenvalue weighted by molar-refractivity contribution is -0.154. The van der Waals surface area contributed by atoms with Crippen LogP contribution in [0.1, 0.15) is 44.7 Å². The van der Waals surface area contributed by atoms with E-state index >= 15 is 0 Å². The molecule has 1 saturated heterocycles. The summed E-state index contributed by atoms with van der Waals surface area (Å²) >= 11 is 0.